The third-order valence-corrected chi connectivity index (χ3v) is 2.59. The molecule has 1 rings (SSSR count). The Morgan fingerprint density at radius 2 is 2.13 bits per heavy atom. The van der Waals surface area contributed by atoms with Crippen molar-refractivity contribution in [1.29, 1.82) is 0 Å². The molecule has 0 radical (unpaired) electrons. The monoisotopic (exact) mass is 213 g/mol. The van der Waals surface area contributed by atoms with Crippen molar-refractivity contribution in [2.75, 3.05) is 39.4 Å². The van der Waals surface area contributed by atoms with E-state index in [1.54, 1.807) is 0 Å². The van der Waals surface area contributed by atoms with E-state index in [0.29, 0.717) is 13.2 Å². The second-order valence-corrected chi connectivity index (χ2v) is 3.68. The molecule has 0 bridgehead atoms. The highest BCUT2D eigenvalue weighted by Gasteiger charge is 2.17. The number of hydrogen-bond acceptors (Lipinski definition) is 4. The maximum atomic E-state index is 8.30. The maximum absolute atomic E-state index is 8.30. The fraction of sp³-hybridized carbons (Fsp3) is 1.00. The van der Waals surface area contributed by atoms with E-state index in [1.165, 1.54) is 0 Å². The van der Waals surface area contributed by atoms with Crippen molar-refractivity contribution >= 4 is 0 Å². The van der Waals surface area contributed by atoms with Gasteiger partial charge >= 0.3 is 0 Å². The van der Waals surface area contributed by atoms with Gasteiger partial charge in [0, 0.05) is 24.0 Å². The summed E-state index contributed by atoms with van der Waals surface area (Å²) in [6, 6.07) is 0.191. The molecule has 0 atom stereocenters. The standard InChI is InChI=1S/C9H19N5O/c10-3-7-15-8-6-14-4-1-9(2-5-14)12-13-11/h9H,1-8,10H2. The van der Waals surface area contributed by atoms with Gasteiger partial charge in [-0.15, -0.1) is 0 Å². The van der Waals surface area contributed by atoms with Crippen LogP contribution in [-0.2, 0) is 4.74 Å². The lowest BCUT2D eigenvalue weighted by Gasteiger charge is -2.29. The van der Waals surface area contributed by atoms with Gasteiger partial charge in [0.1, 0.15) is 0 Å². The number of piperidine rings is 1. The van der Waals surface area contributed by atoms with Crippen LogP contribution in [0.25, 0.3) is 10.4 Å². The number of rotatable bonds is 6. The Hall–Kier alpha value is -0.810. The normalized spacial score (nSPS) is 18.7. The summed E-state index contributed by atoms with van der Waals surface area (Å²) in [7, 11) is 0. The van der Waals surface area contributed by atoms with Gasteiger partial charge in [-0.3, -0.25) is 0 Å². The Morgan fingerprint density at radius 1 is 1.40 bits per heavy atom. The lowest BCUT2D eigenvalue weighted by molar-refractivity contribution is 0.0988. The van der Waals surface area contributed by atoms with Crippen molar-refractivity contribution in [3.8, 4) is 0 Å². The van der Waals surface area contributed by atoms with Crippen molar-refractivity contribution in [3.63, 3.8) is 0 Å². The molecule has 1 heterocycles. The van der Waals surface area contributed by atoms with Gasteiger partial charge in [-0.05, 0) is 31.5 Å². The van der Waals surface area contributed by atoms with E-state index in [1.807, 2.05) is 0 Å². The maximum Gasteiger partial charge on any atom is 0.0594 e. The van der Waals surface area contributed by atoms with Crippen molar-refractivity contribution in [3.05, 3.63) is 10.4 Å². The van der Waals surface area contributed by atoms with Crippen LogP contribution in [0.5, 0.6) is 0 Å². The molecule has 2 N–H and O–H groups in total. The molecule has 6 heteroatoms. The van der Waals surface area contributed by atoms with Gasteiger partial charge in [-0.2, -0.15) is 0 Å². The van der Waals surface area contributed by atoms with Gasteiger partial charge in [0.25, 0.3) is 0 Å². The average molecular weight is 213 g/mol. The molecule has 0 unspecified atom stereocenters. The van der Waals surface area contributed by atoms with E-state index < -0.39 is 0 Å². The summed E-state index contributed by atoms with van der Waals surface area (Å²) in [6.45, 7) is 4.89. The molecule has 1 aliphatic heterocycles. The molecule has 15 heavy (non-hydrogen) atoms. The highest BCUT2D eigenvalue weighted by molar-refractivity contribution is 4.77. The number of nitrogens with two attached hydrogens (primary N) is 1. The molecule has 1 fully saturated rings. The van der Waals surface area contributed by atoms with Crippen LogP contribution in [0.15, 0.2) is 5.11 Å². The van der Waals surface area contributed by atoms with Crippen molar-refractivity contribution in [1.82, 2.24) is 4.90 Å². The summed E-state index contributed by atoms with van der Waals surface area (Å²) >= 11 is 0. The summed E-state index contributed by atoms with van der Waals surface area (Å²) in [4.78, 5) is 5.17. The van der Waals surface area contributed by atoms with Crippen molar-refractivity contribution in [2.45, 2.75) is 18.9 Å². The minimum Gasteiger partial charge on any atom is -0.379 e. The summed E-state index contributed by atoms with van der Waals surface area (Å²) in [5.41, 5.74) is 13.6. The highest BCUT2D eigenvalue weighted by atomic mass is 16.5. The molecular formula is C9H19N5O. The van der Waals surface area contributed by atoms with Gasteiger partial charge in [-0.25, -0.2) is 0 Å². The van der Waals surface area contributed by atoms with Crippen LogP contribution in [-0.4, -0.2) is 50.3 Å². The first-order valence-electron chi connectivity index (χ1n) is 5.41. The predicted molar refractivity (Wildman–Crippen MR) is 58.5 cm³/mol. The largest absolute Gasteiger partial charge is 0.379 e. The summed E-state index contributed by atoms with van der Waals surface area (Å²) < 4.78 is 5.31. The predicted octanol–water partition coefficient (Wildman–Crippen LogP) is 0.736. The van der Waals surface area contributed by atoms with Gasteiger partial charge in [0.15, 0.2) is 0 Å². The quantitative estimate of drug-likeness (QED) is 0.305. The lowest BCUT2D eigenvalue weighted by Crippen LogP contribution is -2.37. The van der Waals surface area contributed by atoms with Gasteiger partial charge in [0.2, 0.25) is 0 Å². The third kappa shape index (κ3) is 4.99. The molecule has 0 amide bonds. The number of likely N-dealkylation sites (tertiary alicyclic amines) is 1. The fourth-order valence-corrected chi connectivity index (χ4v) is 1.71. The molecule has 0 spiro atoms. The Morgan fingerprint density at radius 3 is 2.73 bits per heavy atom. The zero-order chi connectivity index (χ0) is 10.9. The molecule has 86 valence electrons. The van der Waals surface area contributed by atoms with Gasteiger partial charge in [0.05, 0.1) is 13.2 Å². The topological polar surface area (TPSA) is 87.2 Å². The molecular weight excluding hydrogens is 194 g/mol. The minimum absolute atomic E-state index is 0.191. The van der Waals surface area contributed by atoms with Crippen LogP contribution in [0.2, 0.25) is 0 Å². The second-order valence-electron chi connectivity index (χ2n) is 3.68. The third-order valence-electron chi connectivity index (χ3n) is 2.59. The second kappa shape index (κ2) is 7.48. The summed E-state index contributed by atoms with van der Waals surface area (Å²) in [5.74, 6) is 0. The summed E-state index contributed by atoms with van der Waals surface area (Å²) in [6.07, 6.45) is 1.92. The molecule has 0 aromatic heterocycles. The Bertz CT molecular complexity index is 209. The van der Waals surface area contributed by atoms with E-state index >= 15 is 0 Å². The molecule has 6 nitrogen and oxygen atoms in total. The number of nitrogens with zero attached hydrogens (tertiary/aromatic N) is 4. The Balaban J connectivity index is 2.06. The molecule has 1 saturated heterocycles. The van der Waals surface area contributed by atoms with Gasteiger partial charge in [-0.1, -0.05) is 5.11 Å². The molecule has 0 aliphatic carbocycles. The van der Waals surface area contributed by atoms with Crippen LogP contribution in [0.3, 0.4) is 0 Å². The van der Waals surface area contributed by atoms with Gasteiger partial charge < -0.3 is 15.4 Å². The van der Waals surface area contributed by atoms with Crippen molar-refractivity contribution < 1.29 is 4.74 Å². The molecule has 0 saturated carbocycles. The summed E-state index contributed by atoms with van der Waals surface area (Å²) in [5, 5.41) is 3.73. The molecule has 0 aromatic rings. The number of hydrogen-bond donors (Lipinski definition) is 1. The van der Waals surface area contributed by atoms with E-state index in [4.69, 9.17) is 16.0 Å². The van der Waals surface area contributed by atoms with Crippen LogP contribution in [0.1, 0.15) is 12.8 Å². The number of azide groups is 1. The van der Waals surface area contributed by atoms with E-state index in [-0.39, 0.29) is 6.04 Å². The Labute approximate surface area is 90.0 Å². The lowest BCUT2D eigenvalue weighted by atomic mass is 10.1. The first-order chi connectivity index (χ1) is 7.36. The van der Waals surface area contributed by atoms with Crippen LogP contribution in [0, 0.1) is 0 Å². The molecule has 0 aromatic carbocycles. The van der Waals surface area contributed by atoms with E-state index in [9.17, 15) is 0 Å². The fourth-order valence-electron chi connectivity index (χ4n) is 1.71. The van der Waals surface area contributed by atoms with Crippen LogP contribution >= 0.6 is 0 Å². The van der Waals surface area contributed by atoms with Crippen molar-refractivity contribution in [2.24, 2.45) is 10.8 Å². The van der Waals surface area contributed by atoms with E-state index in [2.05, 4.69) is 14.9 Å². The Kier molecular flexibility index (Phi) is 6.11. The highest BCUT2D eigenvalue weighted by Crippen LogP contribution is 2.13. The first-order valence-corrected chi connectivity index (χ1v) is 5.41. The van der Waals surface area contributed by atoms with E-state index in [0.717, 1.165) is 39.1 Å². The SMILES string of the molecule is [N-]=[N+]=NC1CCN(CCOCCN)CC1. The van der Waals surface area contributed by atoms with Crippen LogP contribution < -0.4 is 5.73 Å². The average Bonchev–Trinajstić information content (AvgIpc) is 2.27. The van der Waals surface area contributed by atoms with Crippen LogP contribution in [0.4, 0.5) is 0 Å². The first kappa shape index (κ1) is 12.3. The zero-order valence-electron chi connectivity index (χ0n) is 9.01. The zero-order valence-corrected chi connectivity index (χ0v) is 9.01. The minimum atomic E-state index is 0.191. The smallest absolute Gasteiger partial charge is 0.0594 e. The molecule has 1 aliphatic rings. The number of ether oxygens (including phenoxy) is 1.